The van der Waals surface area contributed by atoms with E-state index in [2.05, 4.69) is 21.2 Å². The van der Waals surface area contributed by atoms with Crippen molar-refractivity contribution in [3.05, 3.63) is 27.2 Å². The first-order valence-corrected chi connectivity index (χ1v) is 11.7. The minimum atomic E-state index is -0.848. The molecule has 1 aliphatic heterocycles. The highest BCUT2D eigenvalue weighted by Crippen LogP contribution is 2.59. The van der Waals surface area contributed by atoms with Crippen LogP contribution in [0.2, 0.25) is 5.02 Å². The molecule has 0 aromatic heterocycles. The zero-order valence-corrected chi connectivity index (χ0v) is 20.1. The van der Waals surface area contributed by atoms with E-state index in [0.717, 1.165) is 10.5 Å². The number of likely N-dealkylation sites (tertiary alicyclic amines) is 1. The van der Waals surface area contributed by atoms with Crippen molar-refractivity contribution in [2.45, 2.75) is 24.1 Å². The Morgan fingerprint density at radius 3 is 2.32 bits per heavy atom. The van der Waals surface area contributed by atoms with E-state index in [-0.39, 0.29) is 22.6 Å². The molecule has 2 bridgehead atoms. The molecule has 31 heavy (non-hydrogen) atoms. The number of aryl methyl sites for hydroxylation is 1. The van der Waals surface area contributed by atoms with E-state index < -0.39 is 48.7 Å². The third kappa shape index (κ3) is 3.96. The Morgan fingerprint density at radius 2 is 1.74 bits per heavy atom. The maximum atomic E-state index is 12.8. The van der Waals surface area contributed by atoms with Crippen molar-refractivity contribution >= 4 is 80.1 Å². The van der Waals surface area contributed by atoms with Gasteiger partial charge in [0.2, 0.25) is 11.8 Å². The van der Waals surface area contributed by atoms with Crippen LogP contribution in [0.1, 0.15) is 12.0 Å². The van der Waals surface area contributed by atoms with Gasteiger partial charge >= 0.3 is 5.97 Å². The molecule has 7 nitrogen and oxygen atoms in total. The van der Waals surface area contributed by atoms with Crippen molar-refractivity contribution < 1.29 is 23.9 Å². The fourth-order valence-electron chi connectivity index (χ4n) is 4.85. The number of imide groups is 1. The number of nitrogens with one attached hydrogen (secondary N) is 1. The minimum absolute atomic E-state index is 0.164. The van der Waals surface area contributed by atoms with Gasteiger partial charge in [-0.25, -0.2) is 0 Å². The van der Waals surface area contributed by atoms with Gasteiger partial charge in [0.15, 0.2) is 6.61 Å². The summed E-state index contributed by atoms with van der Waals surface area (Å²) in [6, 6.07) is 3.32. The molecule has 1 aromatic carbocycles. The lowest BCUT2D eigenvalue weighted by Gasteiger charge is -2.28. The van der Waals surface area contributed by atoms with Crippen molar-refractivity contribution in [2.24, 2.45) is 23.7 Å². The third-order valence-corrected chi connectivity index (χ3v) is 8.79. The van der Waals surface area contributed by atoms with Crippen LogP contribution < -0.4 is 5.32 Å². The van der Waals surface area contributed by atoms with E-state index in [4.69, 9.17) is 39.5 Å². The molecule has 1 N–H and O–H groups in total. The number of carbonyl (C=O) groups is 4. The predicted molar refractivity (Wildman–Crippen MR) is 118 cm³/mol. The summed E-state index contributed by atoms with van der Waals surface area (Å²) >= 11 is 22.0. The number of carbonyl (C=O) groups excluding carboxylic acids is 4. The van der Waals surface area contributed by atoms with Crippen molar-refractivity contribution in [1.29, 1.82) is 0 Å². The summed E-state index contributed by atoms with van der Waals surface area (Å²) in [5, 5.41) is 2.30. The largest absolute Gasteiger partial charge is 0.454 e. The molecule has 6 atom stereocenters. The predicted octanol–water partition coefficient (Wildman–Crippen LogP) is 3.36. The van der Waals surface area contributed by atoms with E-state index in [1.165, 1.54) is 0 Å². The summed E-state index contributed by atoms with van der Waals surface area (Å²) in [4.78, 5) is 50.8. The zero-order valence-electron chi connectivity index (χ0n) is 16.2. The maximum absolute atomic E-state index is 12.8. The van der Waals surface area contributed by atoms with Gasteiger partial charge < -0.3 is 10.1 Å². The van der Waals surface area contributed by atoms with Crippen LogP contribution in [0.15, 0.2) is 16.6 Å². The summed E-state index contributed by atoms with van der Waals surface area (Å²) in [5.74, 6) is -3.64. The van der Waals surface area contributed by atoms with Crippen molar-refractivity contribution in [1.82, 2.24) is 4.90 Å². The molecule has 1 aromatic rings. The lowest BCUT2D eigenvalue weighted by Crippen LogP contribution is -2.38. The van der Waals surface area contributed by atoms with Gasteiger partial charge in [0.25, 0.3) is 5.91 Å². The van der Waals surface area contributed by atoms with Gasteiger partial charge in [-0.1, -0.05) is 11.6 Å². The summed E-state index contributed by atoms with van der Waals surface area (Å²) in [6.45, 7) is 0.683. The highest BCUT2D eigenvalue weighted by molar-refractivity contribution is 9.10. The molecule has 0 radical (unpaired) electrons. The zero-order chi connectivity index (χ0) is 22.6. The average Bonchev–Trinajstić information content (AvgIpc) is 3.31. The molecule has 2 saturated carbocycles. The number of amides is 3. The second-order valence-electron chi connectivity index (χ2n) is 8.06. The first kappa shape index (κ1) is 22.8. The Morgan fingerprint density at radius 1 is 1.16 bits per heavy atom. The van der Waals surface area contributed by atoms with Crippen molar-refractivity contribution in [3.63, 3.8) is 0 Å². The number of hydrogen-bond acceptors (Lipinski definition) is 5. The quantitative estimate of drug-likeness (QED) is 0.344. The molecule has 4 rings (SSSR count). The number of esters is 1. The first-order valence-electron chi connectivity index (χ1n) is 9.64. The van der Waals surface area contributed by atoms with Gasteiger partial charge in [-0.05, 0) is 58.8 Å². The third-order valence-electron chi connectivity index (χ3n) is 6.27. The molecule has 3 amide bonds. The topological polar surface area (TPSA) is 92.8 Å². The molecular weight excluding hydrogens is 534 g/mol. The number of alkyl halides is 2. The lowest BCUT2D eigenvalue weighted by atomic mass is 9.80. The molecule has 1 heterocycles. The van der Waals surface area contributed by atoms with Gasteiger partial charge in [0.05, 0.1) is 27.6 Å². The summed E-state index contributed by atoms with van der Waals surface area (Å²) < 4.78 is 5.66. The molecule has 0 unspecified atom stereocenters. The lowest BCUT2D eigenvalue weighted by molar-refractivity contribution is -0.154. The number of nitrogens with zero attached hydrogens (tertiary/aromatic N) is 1. The van der Waals surface area contributed by atoms with Gasteiger partial charge in [-0.15, -0.1) is 23.2 Å². The molecule has 3 aliphatic rings. The van der Waals surface area contributed by atoms with Gasteiger partial charge in [-0.2, -0.15) is 0 Å². The van der Waals surface area contributed by atoms with Crippen LogP contribution in [-0.4, -0.2) is 52.5 Å². The van der Waals surface area contributed by atoms with Gasteiger partial charge in [-0.3, -0.25) is 24.1 Å². The number of rotatable bonds is 5. The number of halogens is 4. The Kier molecular flexibility index (Phi) is 6.29. The highest BCUT2D eigenvalue weighted by Gasteiger charge is 2.66. The number of benzene rings is 1. The van der Waals surface area contributed by atoms with E-state index in [0.29, 0.717) is 21.6 Å². The second-order valence-corrected chi connectivity index (χ2v) is 10.3. The van der Waals surface area contributed by atoms with Crippen LogP contribution in [0, 0.1) is 30.6 Å². The first-order chi connectivity index (χ1) is 14.6. The summed E-state index contributed by atoms with van der Waals surface area (Å²) in [6.07, 6.45) is 0.646. The van der Waals surface area contributed by atoms with Gasteiger partial charge in [0, 0.05) is 10.2 Å². The minimum Gasteiger partial charge on any atom is -0.454 e. The average molecular weight is 553 g/mol. The Labute approximate surface area is 201 Å². The van der Waals surface area contributed by atoms with Crippen LogP contribution in [0.25, 0.3) is 0 Å². The Hall–Kier alpha value is -1.35. The van der Waals surface area contributed by atoms with Gasteiger partial charge in [0.1, 0.15) is 6.54 Å². The number of fused-ring (bicyclic) bond motifs is 5. The normalized spacial score (nSPS) is 31.2. The molecule has 166 valence electrons. The number of anilines is 1. The number of hydrogen-bond donors (Lipinski definition) is 1. The smallest absolute Gasteiger partial charge is 0.326 e. The molecule has 2 aliphatic carbocycles. The molecule has 3 fully saturated rings. The SMILES string of the molecule is Cc1cc(Br)c(Cl)cc1NC(=O)COC(=O)CN1C(=O)[C@@H]2[C@H]3C[C@@H]([C@H](Cl)[C@H]3Cl)[C@H]2C1=O. The van der Waals surface area contributed by atoms with Crippen LogP contribution in [0.5, 0.6) is 0 Å². The Balaban J connectivity index is 1.33. The summed E-state index contributed by atoms with van der Waals surface area (Å²) in [5.41, 5.74) is 1.24. The summed E-state index contributed by atoms with van der Waals surface area (Å²) in [7, 11) is 0. The monoisotopic (exact) mass is 550 g/mol. The van der Waals surface area contributed by atoms with Crippen molar-refractivity contribution in [2.75, 3.05) is 18.5 Å². The van der Waals surface area contributed by atoms with E-state index in [1.807, 2.05) is 0 Å². The van der Waals surface area contributed by atoms with E-state index in [9.17, 15) is 19.2 Å². The fraction of sp³-hybridized carbons (Fsp3) is 0.500. The standard InChI is InChI=1S/C20H18BrCl3N2O5/c1-7-2-10(21)11(22)4-12(7)25-13(27)6-31-14(28)5-26-19(29)15-8-3-9(16(15)20(26)30)18(24)17(8)23/h2,4,8-9,15-18H,3,5-6H2,1H3,(H,25,27)/t8-,9-,15-,16-,17+,18+/m1/s1. The highest BCUT2D eigenvalue weighted by atomic mass is 79.9. The van der Waals surface area contributed by atoms with E-state index in [1.54, 1.807) is 19.1 Å². The second kappa shape index (κ2) is 8.54. The molecule has 1 saturated heterocycles. The number of ether oxygens (including phenoxy) is 1. The van der Waals surface area contributed by atoms with Crippen molar-refractivity contribution in [3.8, 4) is 0 Å². The fourth-order valence-corrected chi connectivity index (χ4v) is 6.37. The molecule has 0 spiro atoms. The maximum Gasteiger partial charge on any atom is 0.326 e. The van der Waals surface area contributed by atoms with E-state index >= 15 is 0 Å². The van der Waals surface area contributed by atoms with Crippen LogP contribution >= 0.6 is 50.7 Å². The molecular formula is C20H18BrCl3N2O5. The Bertz CT molecular complexity index is 958. The van der Waals surface area contributed by atoms with Crippen LogP contribution in [0.4, 0.5) is 5.69 Å². The van der Waals surface area contributed by atoms with Crippen LogP contribution in [0.3, 0.4) is 0 Å². The molecule has 11 heteroatoms. The van der Waals surface area contributed by atoms with Crippen LogP contribution in [-0.2, 0) is 23.9 Å².